The van der Waals surface area contributed by atoms with Crippen molar-refractivity contribution < 1.29 is 23.9 Å². The number of likely N-dealkylation sites (tertiary alicyclic amines) is 1. The van der Waals surface area contributed by atoms with Gasteiger partial charge >= 0.3 is 0 Å². The van der Waals surface area contributed by atoms with Gasteiger partial charge in [0, 0.05) is 44.5 Å². The van der Waals surface area contributed by atoms with Gasteiger partial charge in [0.1, 0.15) is 6.04 Å². The monoisotopic (exact) mass is 717 g/mol. The average Bonchev–Trinajstić information content (AvgIpc) is 3.56. The Bertz CT molecular complexity index is 1210. The van der Waals surface area contributed by atoms with Crippen LogP contribution in [0.15, 0.2) is 30.3 Å². The molecule has 11 heteroatoms. The summed E-state index contributed by atoms with van der Waals surface area (Å²) in [7, 11) is 7.11. The predicted molar refractivity (Wildman–Crippen MR) is 205 cm³/mol. The molecule has 0 saturated carbocycles. The Hall–Kier alpha value is -2.63. The Kier molecular flexibility index (Phi) is 18.3. The van der Waals surface area contributed by atoms with E-state index < -0.39 is 12.1 Å². The Morgan fingerprint density at radius 1 is 0.980 bits per heavy atom. The lowest BCUT2D eigenvalue weighted by molar-refractivity contribution is -0.146. The number of hydrogen-bond acceptors (Lipinski definition) is 7. The van der Waals surface area contributed by atoms with E-state index in [0.29, 0.717) is 13.1 Å². The molecule has 1 aliphatic heterocycles. The molecule has 0 radical (unpaired) electrons. The molecule has 10 nitrogen and oxygen atoms in total. The molecule has 0 spiro atoms. The summed E-state index contributed by atoms with van der Waals surface area (Å²) < 4.78 is 6.04. The first-order valence-electron chi connectivity index (χ1n) is 18.5. The molecule has 1 saturated heterocycles. The van der Waals surface area contributed by atoms with Crippen molar-refractivity contribution in [1.29, 1.82) is 0 Å². The number of ether oxygens (including phenoxy) is 1. The fraction of sp³-hybridized carbons (Fsp3) is 0.744. The molecule has 1 fully saturated rings. The number of hydrogen-bond donors (Lipinski definition) is 2. The smallest absolute Gasteiger partial charge is 0.245 e. The van der Waals surface area contributed by atoms with E-state index in [1.54, 1.807) is 30.8 Å². The lowest BCUT2D eigenvalue weighted by Crippen LogP contribution is -2.59. The zero-order valence-corrected chi connectivity index (χ0v) is 33.7. The number of amides is 4. The maximum Gasteiger partial charge on any atom is 0.245 e. The fourth-order valence-corrected chi connectivity index (χ4v) is 8.68. The second kappa shape index (κ2) is 21.0. The van der Waals surface area contributed by atoms with E-state index in [1.165, 1.54) is 5.56 Å². The first-order chi connectivity index (χ1) is 23.6. The van der Waals surface area contributed by atoms with Crippen LogP contribution >= 0.6 is 11.8 Å². The van der Waals surface area contributed by atoms with E-state index in [1.807, 2.05) is 83.0 Å². The van der Waals surface area contributed by atoms with E-state index in [9.17, 15) is 19.2 Å². The van der Waals surface area contributed by atoms with Crippen molar-refractivity contribution in [3.63, 3.8) is 0 Å². The van der Waals surface area contributed by atoms with Gasteiger partial charge in [-0.2, -0.15) is 11.8 Å². The zero-order chi connectivity index (χ0) is 37.7. The van der Waals surface area contributed by atoms with E-state index in [4.69, 9.17) is 4.74 Å². The van der Waals surface area contributed by atoms with Gasteiger partial charge in [-0.3, -0.25) is 24.1 Å². The maximum absolute atomic E-state index is 14.2. The van der Waals surface area contributed by atoms with Crippen molar-refractivity contribution in [2.45, 2.75) is 116 Å². The van der Waals surface area contributed by atoms with E-state index >= 15 is 0 Å². The molecular weight excluding hydrogens is 651 g/mol. The molecular formula is C39H67N5O5S. The van der Waals surface area contributed by atoms with Crippen molar-refractivity contribution in [3.05, 3.63) is 35.9 Å². The highest BCUT2D eigenvalue weighted by molar-refractivity contribution is 7.99. The van der Waals surface area contributed by atoms with Gasteiger partial charge in [-0.15, -0.1) is 0 Å². The van der Waals surface area contributed by atoms with Gasteiger partial charge in [-0.05, 0) is 62.9 Å². The van der Waals surface area contributed by atoms with Crippen LogP contribution < -0.4 is 10.6 Å². The third kappa shape index (κ3) is 11.7. The number of rotatable bonds is 20. The quantitative estimate of drug-likeness (QED) is 0.201. The van der Waals surface area contributed by atoms with Crippen molar-refractivity contribution in [3.8, 4) is 0 Å². The normalized spacial score (nSPS) is 19.1. The summed E-state index contributed by atoms with van der Waals surface area (Å²) in [4.78, 5) is 60.5. The molecule has 0 bridgehead atoms. The predicted octanol–water partition coefficient (Wildman–Crippen LogP) is 4.71. The Labute approximate surface area is 307 Å². The summed E-state index contributed by atoms with van der Waals surface area (Å²) in [6, 6.07) is 8.55. The van der Waals surface area contributed by atoms with E-state index in [2.05, 4.69) is 36.6 Å². The van der Waals surface area contributed by atoms with Gasteiger partial charge < -0.3 is 25.2 Å². The van der Waals surface area contributed by atoms with Crippen molar-refractivity contribution in [1.82, 2.24) is 25.3 Å². The van der Waals surface area contributed by atoms with E-state index in [-0.39, 0.29) is 77.1 Å². The van der Waals surface area contributed by atoms with Gasteiger partial charge in [-0.1, -0.05) is 85.2 Å². The second-order valence-electron chi connectivity index (χ2n) is 15.0. The SMILES string of the molecule is CCC(C)C(C(CC(=O)N1CCCC1C(SC)C(C)C(=O)NCCc1ccccc1)OC)N(C)C(=O)C(NC(=O)C(C(C)C)N(C)C)C(C)C. The number of carbonyl (C=O) groups is 4. The lowest BCUT2D eigenvalue weighted by atomic mass is 9.89. The van der Waals surface area contributed by atoms with Crippen LogP contribution in [0.4, 0.5) is 0 Å². The second-order valence-corrected chi connectivity index (χ2v) is 16.0. The minimum Gasteiger partial charge on any atom is -0.379 e. The molecule has 284 valence electrons. The third-order valence-electron chi connectivity index (χ3n) is 10.5. The topological polar surface area (TPSA) is 111 Å². The molecule has 0 aromatic heterocycles. The van der Waals surface area contributed by atoms with Crippen LogP contribution in [0, 0.1) is 23.7 Å². The molecule has 0 aliphatic carbocycles. The molecule has 8 atom stereocenters. The summed E-state index contributed by atoms with van der Waals surface area (Å²) in [5.74, 6) is -0.708. The zero-order valence-electron chi connectivity index (χ0n) is 32.9. The molecule has 1 aromatic rings. The van der Waals surface area contributed by atoms with Gasteiger partial charge in [-0.25, -0.2) is 0 Å². The standard InChI is InChI=1S/C39H67N5O5S/c1-13-27(6)35(43(10)39(48)33(25(2)3)41-38(47)34(26(4)5)42(8)9)31(49-11)24-32(45)44-23-17-20-30(44)36(50-12)28(7)37(46)40-22-21-29-18-15-14-16-19-29/h14-16,18-19,25-28,30-31,33-36H,13,17,20-24H2,1-12H3,(H,40,46)(H,41,47). The summed E-state index contributed by atoms with van der Waals surface area (Å²) in [6.45, 7) is 15.2. The van der Waals surface area contributed by atoms with Crippen LogP contribution in [0.3, 0.4) is 0 Å². The molecule has 8 unspecified atom stereocenters. The molecule has 4 amide bonds. The first-order valence-corrected chi connectivity index (χ1v) is 19.8. The van der Waals surface area contributed by atoms with Crippen LogP contribution in [0.1, 0.15) is 79.7 Å². The van der Waals surface area contributed by atoms with Gasteiger partial charge in [0.25, 0.3) is 0 Å². The molecule has 1 heterocycles. The maximum atomic E-state index is 14.2. The Balaban J connectivity index is 2.21. The van der Waals surface area contributed by atoms with Crippen LogP contribution in [-0.2, 0) is 30.3 Å². The summed E-state index contributed by atoms with van der Waals surface area (Å²) in [5, 5.41) is 6.12. The molecule has 50 heavy (non-hydrogen) atoms. The van der Waals surface area contributed by atoms with Crippen molar-refractivity contribution >= 4 is 35.4 Å². The number of carbonyl (C=O) groups excluding carboxylic acids is 4. The number of methoxy groups -OCH3 is 1. The molecule has 2 rings (SSSR count). The first kappa shape index (κ1) is 43.5. The van der Waals surface area contributed by atoms with E-state index in [0.717, 1.165) is 25.7 Å². The number of likely N-dealkylation sites (N-methyl/N-ethyl adjacent to an activating group) is 2. The van der Waals surface area contributed by atoms with Crippen molar-refractivity contribution in [2.24, 2.45) is 23.7 Å². The average molecular weight is 718 g/mol. The van der Waals surface area contributed by atoms with Gasteiger partial charge in [0.05, 0.1) is 24.6 Å². The molecule has 1 aromatic carbocycles. The van der Waals surface area contributed by atoms with Crippen LogP contribution in [0.5, 0.6) is 0 Å². The Morgan fingerprint density at radius 3 is 2.14 bits per heavy atom. The number of nitrogens with zero attached hydrogens (tertiary/aromatic N) is 3. The van der Waals surface area contributed by atoms with Crippen LogP contribution in [-0.4, -0.2) is 121 Å². The van der Waals surface area contributed by atoms with Crippen molar-refractivity contribution in [2.75, 3.05) is 47.6 Å². The molecule has 1 aliphatic rings. The number of benzene rings is 1. The minimum atomic E-state index is -0.723. The summed E-state index contributed by atoms with van der Waals surface area (Å²) in [5.41, 5.74) is 1.18. The highest BCUT2D eigenvalue weighted by Gasteiger charge is 2.42. The van der Waals surface area contributed by atoms with Crippen LogP contribution in [0.25, 0.3) is 0 Å². The Morgan fingerprint density at radius 2 is 1.62 bits per heavy atom. The highest BCUT2D eigenvalue weighted by Crippen LogP contribution is 2.33. The number of thioether (sulfide) groups is 1. The summed E-state index contributed by atoms with van der Waals surface area (Å²) in [6.07, 6.45) is 4.85. The summed E-state index contributed by atoms with van der Waals surface area (Å²) >= 11 is 1.64. The molecule has 2 N–H and O–H groups in total. The van der Waals surface area contributed by atoms with Gasteiger partial charge in [0.2, 0.25) is 23.6 Å². The van der Waals surface area contributed by atoms with Crippen LogP contribution in [0.2, 0.25) is 0 Å². The van der Waals surface area contributed by atoms with Gasteiger partial charge in [0.15, 0.2) is 0 Å². The number of nitrogens with one attached hydrogen (secondary N) is 2. The lowest BCUT2D eigenvalue weighted by Gasteiger charge is -2.41. The fourth-order valence-electron chi connectivity index (χ4n) is 7.55. The minimum absolute atomic E-state index is 0.00316. The third-order valence-corrected chi connectivity index (χ3v) is 11.8. The largest absolute Gasteiger partial charge is 0.379 e. The highest BCUT2D eigenvalue weighted by atomic mass is 32.2.